The number of hydrogen-bond acceptors (Lipinski definition) is 3. The lowest BCUT2D eigenvalue weighted by atomic mass is 10.1. The zero-order valence-corrected chi connectivity index (χ0v) is 10.3. The van der Waals surface area contributed by atoms with Crippen molar-refractivity contribution in [2.75, 3.05) is 18.5 Å². The van der Waals surface area contributed by atoms with Gasteiger partial charge in [-0.05, 0) is 31.0 Å². The Hall–Kier alpha value is -1.55. The number of anilines is 1. The third-order valence-corrected chi connectivity index (χ3v) is 2.42. The standard InChI is InChI=1S/C13H19NO3/c1-3-10-5-6-12(15)11(9-10)14-13(16)7-8-17-4-2/h5-6,9,15H,3-4,7-8H2,1-2H3,(H,14,16). The van der Waals surface area contributed by atoms with Gasteiger partial charge in [-0.15, -0.1) is 0 Å². The molecule has 0 fully saturated rings. The topological polar surface area (TPSA) is 58.6 Å². The Bertz CT molecular complexity index is 377. The highest BCUT2D eigenvalue weighted by atomic mass is 16.5. The fraction of sp³-hybridized carbons (Fsp3) is 0.462. The number of rotatable bonds is 6. The summed E-state index contributed by atoms with van der Waals surface area (Å²) in [4.78, 5) is 11.5. The Morgan fingerprint density at radius 2 is 2.18 bits per heavy atom. The summed E-state index contributed by atoms with van der Waals surface area (Å²) in [6.45, 7) is 4.90. The number of carbonyl (C=O) groups is 1. The number of hydrogen-bond donors (Lipinski definition) is 2. The van der Waals surface area contributed by atoms with E-state index in [1.54, 1.807) is 12.1 Å². The molecule has 0 aliphatic rings. The summed E-state index contributed by atoms with van der Waals surface area (Å²) in [5, 5.41) is 12.3. The third kappa shape index (κ3) is 4.44. The molecule has 1 rings (SSSR count). The molecule has 0 aromatic heterocycles. The van der Waals surface area contributed by atoms with Crippen molar-refractivity contribution in [1.29, 1.82) is 0 Å². The number of benzene rings is 1. The largest absolute Gasteiger partial charge is 0.506 e. The van der Waals surface area contributed by atoms with Crippen LogP contribution in [0.5, 0.6) is 5.75 Å². The van der Waals surface area contributed by atoms with Crippen LogP contribution < -0.4 is 5.32 Å². The minimum Gasteiger partial charge on any atom is -0.506 e. The molecule has 0 saturated carbocycles. The fourth-order valence-electron chi connectivity index (χ4n) is 1.43. The minimum absolute atomic E-state index is 0.0898. The number of carbonyl (C=O) groups excluding carboxylic acids is 1. The molecule has 1 aromatic rings. The van der Waals surface area contributed by atoms with Gasteiger partial charge in [-0.25, -0.2) is 0 Å². The second-order valence-corrected chi connectivity index (χ2v) is 3.70. The quantitative estimate of drug-likeness (QED) is 0.589. The monoisotopic (exact) mass is 237 g/mol. The molecule has 0 aliphatic heterocycles. The maximum Gasteiger partial charge on any atom is 0.226 e. The van der Waals surface area contributed by atoms with E-state index >= 15 is 0 Å². The molecule has 0 radical (unpaired) electrons. The van der Waals surface area contributed by atoms with Crippen LogP contribution in [0.1, 0.15) is 25.8 Å². The first-order valence-electron chi connectivity index (χ1n) is 5.86. The summed E-state index contributed by atoms with van der Waals surface area (Å²) in [5.41, 5.74) is 1.54. The molecule has 0 heterocycles. The van der Waals surface area contributed by atoms with Gasteiger partial charge >= 0.3 is 0 Å². The van der Waals surface area contributed by atoms with Crippen molar-refractivity contribution in [3.63, 3.8) is 0 Å². The van der Waals surface area contributed by atoms with Crippen molar-refractivity contribution in [1.82, 2.24) is 0 Å². The average Bonchev–Trinajstić information content (AvgIpc) is 2.32. The highest BCUT2D eigenvalue weighted by molar-refractivity contribution is 5.92. The Balaban J connectivity index is 2.57. The molecule has 94 valence electrons. The van der Waals surface area contributed by atoms with E-state index in [4.69, 9.17) is 4.74 Å². The summed E-state index contributed by atoms with van der Waals surface area (Å²) in [5.74, 6) is -0.0611. The summed E-state index contributed by atoms with van der Waals surface area (Å²) in [6, 6.07) is 5.22. The first-order valence-corrected chi connectivity index (χ1v) is 5.86. The van der Waals surface area contributed by atoms with Gasteiger partial charge in [-0.1, -0.05) is 13.0 Å². The van der Waals surface area contributed by atoms with Gasteiger partial charge in [-0.2, -0.15) is 0 Å². The molecule has 17 heavy (non-hydrogen) atoms. The number of amides is 1. The van der Waals surface area contributed by atoms with E-state index in [0.717, 1.165) is 12.0 Å². The molecule has 0 aliphatic carbocycles. The van der Waals surface area contributed by atoms with E-state index in [1.165, 1.54) is 0 Å². The molecule has 0 spiro atoms. The van der Waals surface area contributed by atoms with Crippen molar-refractivity contribution in [3.8, 4) is 5.75 Å². The number of aryl methyl sites for hydroxylation is 1. The molecule has 0 atom stereocenters. The van der Waals surface area contributed by atoms with Gasteiger partial charge in [0.2, 0.25) is 5.91 Å². The summed E-state index contributed by atoms with van der Waals surface area (Å²) < 4.78 is 5.09. The van der Waals surface area contributed by atoms with Gasteiger partial charge in [0.1, 0.15) is 5.75 Å². The second-order valence-electron chi connectivity index (χ2n) is 3.70. The lowest BCUT2D eigenvalue weighted by Crippen LogP contribution is -2.14. The molecular formula is C13H19NO3. The zero-order chi connectivity index (χ0) is 12.7. The Kier molecular flexibility index (Phi) is 5.49. The number of nitrogens with one attached hydrogen (secondary N) is 1. The van der Waals surface area contributed by atoms with Gasteiger partial charge in [0.05, 0.1) is 18.7 Å². The van der Waals surface area contributed by atoms with Crippen LogP contribution in [-0.2, 0) is 16.0 Å². The molecule has 2 N–H and O–H groups in total. The number of aromatic hydroxyl groups is 1. The zero-order valence-electron chi connectivity index (χ0n) is 10.3. The van der Waals surface area contributed by atoms with Crippen LogP contribution in [0, 0.1) is 0 Å². The lowest BCUT2D eigenvalue weighted by Gasteiger charge is -2.08. The summed E-state index contributed by atoms with van der Waals surface area (Å²) >= 11 is 0. The van der Waals surface area contributed by atoms with Crippen LogP contribution in [-0.4, -0.2) is 24.2 Å². The Morgan fingerprint density at radius 3 is 2.82 bits per heavy atom. The molecule has 1 amide bonds. The fourth-order valence-corrected chi connectivity index (χ4v) is 1.43. The second kappa shape index (κ2) is 6.91. The molecular weight excluding hydrogens is 218 g/mol. The molecule has 4 heteroatoms. The van der Waals surface area contributed by atoms with E-state index < -0.39 is 0 Å². The first kappa shape index (κ1) is 13.5. The normalized spacial score (nSPS) is 10.2. The van der Waals surface area contributed by atoms with E-state index in [9.17, 15) is 9.90 Å². The maximum absolute atomic E-state index is 11.5. The number of phenols is 1. The van der Waals surface area contributed by atoms with Crippen LogP contribution >= 0.6 is 0 Å². The molecule has 1 aromatic carbocycles. The highest BCUT2D eigenvalue weighted by Gasteiger charge is 2.06. The average molecular weight is 237 g/mol. The van der Waals surface area contributed by atoms with Gasteiger partial charge in [0.25, 0.3) is 0 Å². The van der Waals surface area contributed by atoms with E-state index in [0.29, 0.717) is 25.3 Å². The predicted molar refractivity (Wildman–Crippen MR) is 67.2 cm³/mol. The van der Waals surface area contributed by atoms with Gasteiger partial charge in [0.15, 0.2) is 0 Å². The van der Waals surface area contributed by atoms with E-state index in [1.807, 2.05) is 19.9 Å². The molecule has 0 bridgehead atoms. The first-order chi connectivity index (χ1) is 8.17. The maximum atomic E-state index is 11.5. The van der Waals surface area contributed by atoms with Crippen LogP contribution in [0.15, 0.2) is 18.2 Å². The SMILES string of the molecule is CCOCCC(=O)Nc1cc(CC)ccc1O. The van der Waals surface area contributed by atoms with Gasteiger partial charge in [0, 0.05) is 6.61 Å². The molecule has 0 saturated heterocycles. The van der Waals surface area contributed by atoms with E-state index in [-0.39, 0.29) is 11.7 Å². The van der Waals surface area contributed by atoms with Crippen molar-refractivity contribution in [2.24, 2.45) is 0 Å². The van der Waals surface area contributed by atoms with Crippen molar-refractivity contribution in [3.05, 3.63) is 23.8 Å². The Morgan fingerprint density at radius 1 is 1.41 bits per heavy atom. The predicted octanol–water partition coefficient (Wildman–Crippen LogP) is 2.32. The van der Waals surface area contributed by atoms with Crippen molar-refractivity contribution < 1.29 is 14.6 Å². The molecule has 0 unspecified atom stereocenters. The highest BCUT2D eigenvalue weighted by Crippen LogP contribution is 2.24. The van der Waals surface area contributed by atoms with Crippen LogP contribution in [0.4, 0.5) is 5.69 Å². The third-order valence-electron chi connectivity index (χ3n) is 2.42. The number of ether oxygens (including phenoxy) is 1. The smallest absolute Gasteiger partial charge is 0.226 e. The van der Waals surface area contributed by atoms with Crippen LogP contribution in [0.3, 0.4) is 0 Å². The summed E-state index contributed by atoms with van der Waals surface area (Å²) in [6.07, 6.45) is 1.16. The van der Waals surface area contributed by atoms with Crippen LogP contribution in [0.25, 0.3) is 0 Å². The van der Waals surface area contributed by atoms with Crippen molar-refractivity contribution in [2.45, 2.75) is 26.7 Å². The van der Waals surface area contributed by atoms with Crippen molar-refractivity contribution >= 4 is 11.6 Å². The van der Waals surface area contributed by atoms with Gasteiger partial charge < -0.3 is 15.2 Å². The Labute approximate surface area is 102 Å². The van der Waals surface area contributed by atoms with Crippen LogP contribution in [0.2, 0.25) is 0 Å². The molecule has 4 nitrogen and oxygen atoms in total. The van der Waals surface area contributed by atoms with Gasteiger partial charge in [-0.3, -0.25) is 4.79 Å². The van der Waals surface area contributed by atoms with E-state index in [2.05, 4.69) is 5.32 Å². The minimum atomic E-state index is -0.151. The number of phenolic OH excluding ortho intramolecular Hbond substituents is 1. The summed E-state index contributed by atoms with van der Waals surface area (Å²) in [7, 11) is 0. The lowest BCUT2D eigenvalue weighted by molar-refractivity contribution is -0.117.